The van der Waals surface area contributed by atoms with Gasteiger partial charge in [-0.05, 0) is 77.3 Å². The minimum atomic E-state index is -0.542. The molecule has 0 bridgehead atoms. The Bertz CT molecular complexity index is 1490. The summed E-state index contributed by atoms with van der Waals surface area (Å²) in [5, 5.41) is 19.8. The van der Waals surface area contributed by atoms with Crippen LogP contribution in [-0.2, 0) is 4.74 Å². The number of nitrogens with zero attached hydrogens (tertiary/aromatic N) is 4. The number of carbonyl (C=O) groups is 3. The molecule has 0 radical (unpaired) electrons. The maximum Gasteiger partial charge on any atom is 0.321 e. The number of rotatable bonds is 7. The summed E-state index contributed by atoms with van der Waals surface area (Å²) in [6, 6.07) is 7.34. The SMILES string of the molecule is Cc1noc(C)c1NC(=O)N(C)C[C@H]1OCCCC[C@@H](C)Oc2ccc(NC(=O)c3ccncc3)cc2C(=O)N([C@H](C)CO)C[C@@H]1C. The van der Waals surface area contributed by atoms with E-state index in [1.807, 2.05) is 13.8 Å². The molecule has 47 heavy (non-hydrogen) atoms. The summed E-state index contributed by atoms with van der Waals surface area (Å²) in [7, 11) is 1.69. The van der Waals surface area contributed by atoms with Crippen molar-refractivity contribution in [2.45, 2.75) is 72.1 Å². The van der Waals surface area contributed by atoms with E-state index < -0.39 is 12.1 Å². The van der Waals surface area contributed by atoms with Gasteiger partial charge in [0.15, 0.2) is 5.76 Å². The summed E-state index contributed by atoms with van der Waals surface area (Å²) in [6.45, 7) is 9.86. The lowest BCUT2D eigenvalue weighted by Gasteiger charge is -2.35. The average molecular weight is 651 g/mol. The lowest BCUT2D eigenvalue weighted by molar-refractivity contribution is -0.0115. The fourth-order valence-electron chi connectivity index (χ4n) is 5.39. The molecule has 4 amide bonds. The molecule has 3 heterocycles. The highest BCUT2D eigenvalue weighted by atomic mass is 16.5. The molecule has 1 aliphatic heterocycles. The molecule has 1 aliphatic rings. The molecule has 0 saturated carbocycles. The molecule has 0 aliphatic carbocycles. The van der Waals surface area contributed by atoms with E-state index in [0.29, 0.717) is 40.7 Å². The largest absolute Gasteiger partial charge is 0.490 e. The van der Waals surface area contributed by atoms with E-state index in [1.54, 1.807) is 68.0 Å². The number of hydrogen-bond acceptors (Lipinski definition) is 9. The third-order valence-electron chi connectivity index (χ3n) is 8.32. The summed E-state index contributed by atoms with van der Waals surface area (Å²) >= 11 is 0. The standard InChI is InChI=1S/C34H46N6O7/c1-21-18-40(22(2)20-41)33(43)28-17-27(36-32(42)26-12-14-35-15-13-26)10-11-29(28)46-23(3)9-7-8-16-45-30(21)19-39(6)34(44)37-31-24(4)38-47-25(31)5/h10-15,17,21-23,30,41H,7-9,16,18-20H2,1-6H3,(H,36,42)(H,37,44)/t21-,22+,23+,30+/m0/s1. The van der Waals surface area contributed by atoms with Crippen LogP contribution < -0.4 is 15.4 Å². The zero-order valence-electron chi connectivity index (χ0n) is 28.0. The summed E-state index contributed by atoms with van der Waals surface area (Å²) in [5.41, 5.74) is 2.23. The molecular weight excluding hydrogens is 604 g/mol. The first-order valence-electron chi connectivity index (χ1n) is 16.0. The van der Waals surface area contributed by atoms with Crippen molar-refractivity contribution >= 4 is 29.2 Å². The Morgan fingerprint density at radius 3 is 2.55 bits per heavy atom. The summed E-state index contributed by atoms with van der Waals surface area (Å²) in [5.74, 6) is -0.0268. The van der Waals surface area contributed by atoms with Gasteiger partial charge in [-0.2, -0.15) is 0 Å². The van der Waals surface area contributed by atoms with Crippen molar-refractivity contribution in [2.75, 3.05) is 44.0 Å². The van der Waals surface area contributed by atoms with Crippen molar-refractivity contribution < 1.29 is 33.5 Å². The quantitative estimate of drug-likeness (QED) is 0.323. The second-order valence-corrected chi connectivity index (χ2v) is 12.2. The van der Waals surface area contributed by atoms with E-state index in [2.05, 4.69) is 20.8 Å². The number of aliphatic hydroxyl groups excluding tert-OH is 1. The van der Waals surface area contributed by atoms with Crippen LogP contribution in [0.2, 0.25) is 0 Å². The smallest absolute Gasteiger partial charge is 0.321 e. The maximum absolute atomic E-state index is 14.3. The minimum Gasteiger partial charge on any atom is -0.490 e. The van der Waals surface area contributed by atoms with Crippen LogP contribution in [0.4, 0.5) is 16.2 Å². The highest BCUT2D eigenvalue weighted by molar-refractivity contribution is 6.05. The fraction of sp³-hybridized carbons (Fsp3) is 0.500. The monoisotopic (exact) mass is 650 g/mol. The number of hydrogen-bond donors (Lipinski definition) is 3. The molecule has 254 valence electrons. The third kappa shape index (κ3) is 9.29. The predicted molar refractivity (Wildman–Crippen MR) is 177 cm³/mol. The van der Waals surface area contributed by atoms with E-state index in [-0.39, 0.29) is 55.1 Å². The predicted octanol–water partition coefficient (Wildman–Crippen LogP) is 4.90. The molecular formula is C34H46N6O7. The second kappa shape index (κ2) is 16.4. The summed E-state index contributed by atoms with van der Waals surface area (Å²) in [4.78, 5) is 47.5. The highest BCUT2D eigenvalue weighted by Gasteiger charge is 2.31. The highest BCUT2D eigenvalue weighted by Crippen LogP contribution is 2.29. The van der Waals surface area contributed by atoms with Crippen molar-refractivity contribution in [1.29, 1.82) is 0 Å². The van der Waals surface area contributed by atoms with Crippen LogP contribution >= 0.6 is 0 Å². The Morgan fingerprint density at radius 2 is 1.87 bits per heavy atom. The average Bonchev–Trinajstić information content (AvgIpc) is 3.38. The molecule has 0 spiro atoms. The molecule has 0 unspecified atom stereocenters. The number of ether oxygens (including phenoxy) is 2. The van der Waals surface area contributed by atoms with E-state index >= 15 is 0 Å². The number of aliphatic hydroxyl groups is 1. The Labute approximate surface area is 275 Å². The van der Waals surface area contributed by atoms with Gasteiger partial charge in [-0.15, -0.1) is 0 Å². The van der Waals surface area contributed by atoms with Gasteiger partial charge < -0.3 is 39.5 Å². The zero-order chi connectivity index (χ0) is 34.1. The van der Waals surface area contributed by atoms with Gasteiger partial charge in [-0.25, -0.2) is 4.79 Å². The van der Waals surface area contributed by atoms with Crippen molar-refractivity contribution in [3.63, 3.8) is 0 Å². The van der Waals surface area contributed by atoms with Crippen molar-refractivity contribution in [3.8, 4) is 5.75 Å². The second-order valence-electron chi connectivity index (χ2n) is 12.2. The Balaban J connectivity index is 1.60. The minimum absolute atomic E-state index is 0.195. The van der Waals surface area contributed by atoms with Gasteiger partial charge in [0.2, 0.25) is 0 Å². The van der Waals surface area contributed by atoms with Crippen molar-refractivity contribution in [3.05, 3.63) is 65.3 Å². The van der Waals surface area contributed by atoms with E-state index in [4.69, 9.17) is 14.0 Å². The number of urea groups is 1. The number of fused-ring (bicyclic) bond motifs is 1. The van der Waals surface area contributed by atoms with Gasteiger partial charge in [-0.1, -0.05) is 12.1 Å². The van der Waals surface area contributed by atoms with Crippen LogP contribution in [0, 0.1) is 19.8 Å². The third-order valence-corrected chi connectivity index (χ3v) is 8.32. The molecule has 4 atom stereocenters. The maximum atomic E-state index is 14.3. The van der Waals surface area contributed by atoms with Gasteiger partial charge in [0.05, 0.1) is 30.4 Å². The normalized spacial score (nSPS) is 19.9. The van der Waals surface area contributed by atoms with Gasteiger partial charge in [0.25, 0.3) is 11.8 Å². The molecule has 2 aromatic heterocycles. The molecule has 13 heteroatoms. The number of amides is 4. The van der Waals surface area contributed by atoms with Crippen LogP contribution in [0.3, 0.4) is 0 Å². The molecule has 0 fully saturated rings. The zero-order valence-corrected chi connectivity index (χ0v) is 28.0. The lowest BCUT2D eigenvalue weighted by Crippen LogP contribution is -2.48. The topological polar surface area (TPSA) is 159 Å². The van der Waals surface area contributed by atoms with Crippen LogP contribution in [0.1, 0.15) is 72.2 Å². The summed E-state index contributed by atoms with van der Waals surface area (Å²) in [6.07, 6.45) is 4.81. The Morgan fingerprint density at radius 1 is 1.13 bits per heavy atom. The number of nitrogens with one attached hydrogen (secondary N) is 2. The van der Waals surface area contributed by atoms with Gasteiger partial charge in [0, 0.05) is 56.3 Å². The number of benzene rings is 1. The summed E-state index contributed by atoms with van der Waals surface area (Å²) < 4.78 is 17.8. The van der Waals surface area contributed by atoms with Crippen LogP contribution in [0.25, 0.3) is 0 Å². The molecule has 3 aromatic rings. The molecule has 3 N–H and O–H groups in total. The Kier molecular flexibility index (Phi) is 12.3. The first-order valence-corrected chi connectivity index (χ1v) is 16.0. The molecule has 4 rings (SSSR count). The first kappa shape index (κ1) is 35.4. The van der Waals surface area contributed by atoms with Gasteiger partial charge in [0.1, 0.15) is 17.1 Å². The molecule has 1 aromatic carbocycles. The van der Waals surface area contributed by atoms with E-state index in [9.17, 15) is 19.5 Å². The number of anilines is 2. The fourth-order valence-corrected chi connectivity index (χ4v) is 5.39. The number of aromatic nitrogens is 2. The Hall–Kier alpha value is -4.49. The number of likely N-dealkylation sites (N-methyl/N-ethyl adjacent to an activating group) is 1. The van der Waals surface area contributed by atoms with Crippen molar-refractivity contribution in [2.24, 2.45) is 5.92 Å². The van der Waals surface area contributed by atoms with Crippen LogP contribution in [0.15, 0.2) is 47.2 Å². The van der Waals surface area contributed by atoms with E-state index in [0.717, 1.165) is 19.3 Å². The first-order chi connectivity index (χ1) is 22.5. The molecule has 0 saturated heterocycles. The van der Waals surface area contributed by atoms with Crippen LogP contribution in [-0.4, -0.2) is 94.5 Å². The van der Waals surface area contributed by atoms with Crippen molar-refractivity contribution in [1.82, 2.24) is 19.9 Å². The van der Waals surface area contributed by atoms with Gasteiger partial charge in [-0.3, -0.25) is 14.6 Å². The van der Waals surface area contributed by atoms with E-state index in [1.165, 1.54) is 12.4 Å². The van der Waals surface area contributed by atoms with Gasteiger partial charge >= 0.3 is 6.03 Å². The lowest BCUT2D eigenvalue weighted by atomic mass is 10.0. The number of pyridine rings is 1. The van der Waals surface area contributed by atoms with Crippen LogP contribution in [0.5, 0.6) is 5.75 Å². The number of carbonyl (C=O) groups excluding carboxylic acids is 3. The molecule has 13 nitrogen and oxygen atoms in total. The number of aryl methyl sites for hydroxylation is 2.